The number of thiophene rings is 1. The summed E-state index contributed by atoms with van der Waals surface area (Å²) in [4.78, 5) is 25.4. The van der Waals surface area contributed by atoms with Crippen LogP contribution in [0.25, 0.3) is 10.1 Å². The second kappa shape index (κ2) is 5.27. The number of anilines is 1. The average molecular weight is 277 g/mol. The molecule has 100 valence electrons. The van der Waals surface area contributed by atoms with Gasteiger partial charge in [-0.05, 0) is 6.07 Å². The van der Waals surface area contributed by atoms with Crippen molar-refractivity contribution in [3.05, 3.63) is 29.1 Å². The Labute approximate surface area is 115 Å². The number of rotatable bonds is 3. The monoisotopic (exact) mass is 277 g/mol. The molecule has 1 aromatic carbocycles. The second-order valence-corrected chi connectivity index (χ2v) is 5.23. The summed E-state index contributed by atoms with van der Waals surface area (Å²) in [6.45, 7) is 0.0169. The molecule has 0 aliphatic carbocycles. The molecule has 0 aliphatic heterocycles. The van der Waals surface area contributed by atoms with E-state index < -0.39 is 0 Å². The predicted molar refractivity (Wildman–Crippen MR) is 77.3 cm³/mol. The molecule has 0 radical (unpaired) electrons. The summed E-state index contributed by atoms with van der Waals surface area (Å²) in [7, 11) is 3.12. The van der Waals surface area contributed by atoms with Crippen LogP contribution < -0.4 is 11.1 Å². The number of amides is 2. The van der Waals surface area contributed by atoms with E-state index in [9.17, 15) is 9.59 Å². The first-order valence-corrected chi connectivity index (χ1v) is 6.59. The molecule has 0 unspecified atom stereocenters. The standard InChI is InChI=1S/C13H15N3O2S/c1-15-10(17)7-16(2)13(18)12-11(14)8-5-3-4-6-9(8)19-12/h3-6H,7,14H2,1-2H3,(H,15,17). The number of likely N-dealkylation sites (N-methyl/N-ethyl adjacent to an activating group) is 2. The highest BCUT2D eigenvalue weighted by Gasteiger charge is 2.20. The minimum absolute atomic E-state index is 0.0169. The average Bonchev–Trinajstić information content (AvgIpc) is 2.75. The topological polar surface area (TPSA) is 75.4 Å². The van der Waals surface area contributed by atoms with E-state index in [0.717, 1.165) is 10.1 Å². The third-order valence-electron chi connectivity index (χ3n) is 2.83. The molecule has 6 heteroatoms. The Kier molecular flexibility index (Phi) is 3.71. The van der Waals surface area contributed by atoms with Gasteiger partial charge in [0.15, 0.2) is 0 Å². The van der Waals surface area contributed by atoms with Gasteiger partial charge in [-0.15, -0.1) is 11.3 Å². The summed E-state index contributed by atoms with van der Waals surface area (Å²) >= 11 is 1.35. The van der Waals surface area contributed by atoms with E-state index >= 15 is 0 Å². The zero-order chi connectivity index (χ0) is 14.0. The number of carbonyl (C=O) groups excluding carboxylic acids is 2. The molecular weight excluding hydrogens is 262 g/mol. The molecule has 0 atom stereocenters. The van der Waals surface area contributed by atoms with Crippen LogP contribution in [0, 0.1) is 0 Å². The number of fused-ring (bicyclic) bond motifs is 1. The molecule has 0 spiro atoms. The predicted octanol–water partition coefficient (Wildman–Crippen LogP) is 1.30. The third kappa shape index (κ3) is 2.53. The highest BCUT2D eigenvalue weighted by Crippen LogP contribution is 2.33. The number of nitrogens with zero attached hydrogens (tertiary/aromatic N) is 1. The fourth-order valence-electron chi connectivity index (χ4n) is 1.76. The van der Waals surface area contributed by atoms with Gasteiger partial charge in [-0.3, -0.25) is 9.59 Å². The first kappa shape index (κ1) is 13.4. The van der Waals surface area contributed by atoms with E-state index in [0.29, 0.717) is 10.6 Å². The second-order valence-electron chi connectivity index (χ2n) is 4.18. The van der Waals surface area contributed by atoms with Gasteiger partial charge < -0.3 is 16.0 Å². The SMILES string of the molecule is CNC(=O)CN(C)C(=O)c1sc2ccccc2c1N. The molecule has 0 fully saturated rings. The molecule has 0 saturated carbocycles. The number of hydrogen-bond donors (Lipinski definition) is 2. The molecule has 1 aromatic heterocycles. The Morgan fingerprint density at radius 3 is 2.68 bits per heavy atom. The molecule has 19 heavy (non-hydrogen) atoms. The Morgan fingerprint density at radius 1 is 1.37 bits per heavy atom. The van der Waals surface area contributed by atoms with Crippen LogP contribution in [0.4, 0.5) is 5.69 Å². The maximum absolute atomic E-state index is 12.3. The number of nitrogens with one attached hydrogen (secondary N) is 1. The van der Waals surface area contributed by atoms with Crippen molar-refractivity contribution >= 4 is 38.9 Å². The molecule has 3 N–H and O–H groups in total. The van der Waals surface area contributed by atoms with Crippen molar-refractivity contribution in [3.8, 4) is 0 Å². The van der Waals surface area contributed by atoms with Crippen LogP contribution in [0.3, 0.4) is 0 Å². The van der Waals surface area contributed by atoms with Crippen molar-refractivity contribution < 1.29 is 9.59 Å². The Balaban J connectivity index is 2.31. The lowest BCUT2D eigenvalue weighted by Gasteiger charge is -2.15. The lowest BCUT2D eigenvalue weighted by Crippen LogP contribution is -2.36. The largest absolute Gasteiger partial charge is 0.397 e. The zero-order valence-corrected chi connectivity index (χ0v) is 11.6. The normalized spacial score (nSPS) is 10.4. The first-order chi connectivity index (χ1) is 9.04. The molecule has 2 aromatic rings. The Hall–Kier alpha value is -2.08. The fourth-order valence-corrected chi connectivity index (χ4v) is 2.88. The number of nitrogen functional groups attached to an aromatic ring is 1. The van der Waals surface area contributed by atoms with Gasteiger partial charge in [0.05, 0.1) is 12.2 Å². The lowest BCUT2D eigenvalue weighted by molar-refractivity contribution is -0.121. The van der Waals surface area contributed by atoms with Gasteiger partial charge in [0.2, 0.25) is 5.91 Å². The van der Waals surface area contributed by atoms with Gasteiger partial charge in [-0.25, -0.2) is 0 Å². The molecule has 2 amide bonds. The zero-order valence-electron chi connectivity index (χ0n) is 10.8. The maximum atomic E-state index is 12.3. The van der Waals surface area contributed by atoms with Crippen LogP contribution in [-0.4, -0.2) is 37.4 Å². The van der Waals surface area contributed by atoms with Crippen molar-refractivity contribution in [1.82, 2.24) is 10.2 Å². The lowest BCUT2D eigenvalue weighted by atomic mass is 10.2. The summed E-state index contributed by atoms with van der Waals surface area (Å²) in [6.07, 6.45) is 0. The minimum atomic E-state index is -0.234. The van der Waals surface area contributed by atoms with Crippen LogP contribution >= 0.6 is 11.3 Å². The van der Waals surface area contributed by atoms with Gasteiger partial charge in [0.25, 0.3) is 5.91 Å². The molecular formula is C13H15N3O2S. The molecule has 0 aliphatic rings. The summed E-state index contributed by atoms with van der Waals surface area (Å²) in [5, 5.41) is 3.36. The van der Waals surface area contributed by atoms with Crippen LogP contribution in [0.2, 0.25) is 0 Å². The summed E-state index contributed by atoms with van der Waals surface area (Å²) in [6, 6.07) is 7.59. The van der Waals surface area contributed by atoms with Crippen molar-refractivity contribution in [2.75, 3.05) is 26.4 Å². The van der Waals surface area contributed by atoms with Gasteiger partial charge in [-0.1, -0.05) is 18.2 Å². The molecule has 0 saturated heterocycles. The van der Waals surface area contributed by atoms with Gasteiger partial charge >= 0.3 is 0 Å². The van der Waals surface area contributed by atoms with Crippen LogP contribution in [0.5, 0.6) is 0 Å². The van der Waals surface area contributed by atoms with Crippen LogP contribution in [-0.2, 0) is 4.79 Å². The third-order valence-corrected chi connectivity index (χ3v) is 4.01. The number of hydrogen-bond acceptors (Lipinski definition) is 4. The summed E-state index contributed by atoms with van der Waals surface area (Å²) in [5.74, 6) is -0.446. The molecule has 2 rings (SSSR count). The van der Waals surface area contributed by atoms with Crippen molar-refractivity contribution in [3.63, 3.8) is 0 Å². The van der Waals surface area contributed by atoms with E-state index in [4.69, 9.17) is 5.73 Å². The van der Waals surface area contributed by atoms with Crippen molar-refractivity contribution in [1.29, 1.82) is 0 Å². The summed E-state index contributed by atoms with van der Waals surface area (Å²) in [5.41, 5.74) is 6.48. The quantitative estimate of drug-likeness (QED) is 0.888. The fraction of sp³-hybridized carbons (Fsp3) is 0.231. The smallest absolute Gasteiger partial charge is 0.266 e. The molecule has 0 bridgehead atoms. The van der Waals surface area contributed by atoms with Crippen LogP contribution in [0.15, 0.2) is 24.3 Å². The molecule has 5 nitrogen and oxygen atoms in total. The highest BCUT2D eigenvalue weighted by atomic mass is 32.1. The van der Waals surface area contributed by atoms with Gasteiger partial charge in [0.1, 0.15) is 4.88 Å². The van der Waals surface area contributed by atoms with Crippen molar-refractivity contribution in [2.24, 2.45) is 0 Å². The van der Waals surface area contributed by atoms with Crippen LogP contribution in [0.1, 0.15) is 9.67 Å². The number of carbonyl (C=O) groups is 2. The van der Waals surface area contributed by atoms with E-state index in [1.807, 2.05) is 24.3 Å². The minimum Gasteiger partial charge on any atom is -0.397 e. The maximum Gasteiger partial charge on any atom is 0.266 e. The van der Waals surface area contributed by atoms with E-state index in [2.05, 4.69) is 5.32 Å². The first-order valence-electron chi connectivity index (χ1n) is 5.77. The van der Waals surface area contributed by atoms with E-state index in [1.165, 1.54) is 23.3 Å². The van der Waals surface area contributed by atoms with Gasteiger partial charge in [0, 0.05) is 24.2 Å². The van der Waals surface area contributed by atoms with Gasteiger partial charge in [-0.2, -0.15) is 0 Å². The number of benzene rings is 1. The summed E-state index contributed by atoms with van der Waals surface area (Å²) < 4.78 is 0.969. The highest BCUT2D eigenvalue weighted by molar-refractivity contribution is 7.21. The Morgan fingerprint density at radius 2 is 2.05 bits per heavy atom. The van der Waals surface area contributed by atoms with E-state index in [1.54, 1.807) is 7.05 Å². The number of nitrogens with two attached hydrogens (primary N) is 1. The molecule has 1 heterocycles. The van der Waals surface area contributed by atoms with E-state index in [-0.39, 0.29) is 18.4 Å². The van der Waals surface area contributed by atoms with Crippen molar-refractivity contribution in [2.45, 2.75) is 0 Å². The Bertz CT molecular complexity index is 636.